The molecule has 0 atom stereocenters. The molecule has 0 saturated carbocycles. The Kier molecular flexibility index (Phi) is 2.90. The fourth-order valence-corrected chi connectivity index (χ4v) is 6.39. The predicted octanol–water partition coefficient (Wildman–Crippen LogP) is 3.45. The lowest BCUT2D eigenvalue weighted by molar-refractivity contribution is 0.0949. The van der Waals surface area contributed by atoms with Crippen molar-refractivity contribution in [1.82, 2.24) is 9.97 Å². The minimum atomic E-state index is 0.638. The largest absolute Gasteiger partial charge is 0.480 e. The summed E-state index contributed by atoms with van der Waals surface area (Å²) in [6.07, 6.45) is 3.45. The Morgan fingerprint density at radius 3 is 1.83 bits per heavy atom. The second-order valence-electron chi connectivity index (χ2n) is 3.42. The van der Waals surface area contributed by atoms with Gasteiger partial charge in [0.15, 0.2) is 0 Å². The third-order valence-electron chi connectivity index (χ3n) is 2.27. The van der Waals surface area contributed by atoms with Crippen LogP contribution >= 0.6 is 47.0 Å². The van der Waals surface area contributed by atoms with Crippen LogP contribution < -0.4 is 0 Å². The van der Waals surface area contributed by atoms with Gasteiger partial charge in [0, 0.05) is 12.4 Å². The number of ether oxygens (including phenoxy) is 2. The van der Waals surface area contributed by atoms with Gasteiger partial charge in [-0.05, 0) is 23.5 Å². The molecule has 0 N–H and O–H groups in total. The lowest BCUT2D eigenvalue weighted by Gasteiger charge is -2.13. The normalized spacial score (nSPS) is 21.6. The number of hydrogen-bond donors (Lipinski definition) is 0. The van der Waals surface area contributed by atoms with Crippen molar-refractivity contribution >= 4 is 47.0 Å². The van der Waals surface area contributed by atoms with E-state index in [1.165, 1.54) is 8.47 Å². The molecule has 0 aromatic carbocycles. The molecule has 0 saturated heterocycles. The molecule has 18 heavy (non-hydrogen) atoms. The highest BCUT2D eigenvalue weighted by molar-refractivity contribution is 8.32. The van der Waals surface area contributed by atoms with Gasteiger partial charge in [-0.1, -0.05) is 23.5 Å². The SMILES string of the molecule is c1cnc2c(n1)SC(=C1SC3=C(OCCO3)S1)S2. The van der Waals surface area contributed by atoms with Gasteiger partial charge >= 0.3 is 0 Å². The first-order chi connectivity index (χ1) is 8.90. The maximum absolute atomic E-state index is 5.58. The van der Waals surface area contributed by atoms with Gasteiger partial charge in [0.2, 0.25) is 10.2 Å². The van der Waals surface area contributed by atoms with E-state index in [0.717, 1.165) is 20.2 Å². The standard InChI is InChI=1S/C10H6N2O2S4/c1-2-12-6-5(11-1)15-9(16-6)10-17-7-8(18-10)14-4-3-13-7/h1-2H,3-4H2. The molecular weight excluding hydrogens is 308 g/mol. The third-order valence-corrected chi connectivity index (χ3v) is 7.56. The second-order valence-corrected chi connectivity index (χ2v) is 7.90. The van der Waals surface area contributed by atoms with Crippen LogP contribution in [0.25, 0.3) is 0 Å². The van der Waals surface area contributed by atoms with Crippen molar-refractivity contribution in [1.29, 1.82) is 0 Å². The van der Waals surface area contributed by atoms with Crippen LogP contribution in [-0.2, 0) is 9.47 Å². The van der Waals surface area contributed by atoms with Crippen LogP contribution in [0.3, 0.4) is 0 Å². The lowest BCUT2D eigenvalue weighted by atomic mass is 10.7. The molecule has 0 fully saturated rings. The molecule has 0 bridgehead atoms. The van der Waals surface area contributed by atoms with Crippen molar-refractivity contribution in [2.75, 3.05) is 13.2 Å². The summed E-state index contributed by atoms with van der Waals surface area (Å²) in [7, 11) is 0. The summed E-state index contributed by atoms with van der Waals surface area (Å²) in [5.41, 5.74) is 0. The molecule has 1 aromatic heterocycles. The Labute approximate surface area is 120 Å². The molecule has 4 nitrogen and oxygen atoms in total. The summed E-state index contributed by atoms with van der Waals surface area (Å²) in [5, 5.41) is 3.76. The van der Waals surface area contributed by atoms with Crippen LogP contribution in [0, 0.1) is 0 Å². The topological polar surface area (TPSA) is 44.2 Å². The van der Waals surface area contributed by atoms with Gasteiger partial charge in [0.25, 0.3) is 0 Å². The number of aromatic nitrogens is 2. The first-order valence-electron chi connectivity index (χ1n) is 5.17. The second kappa shape index (κ2) is 4.59. The zero-order chi connectivity index (χ0) is 11.9. The van der Waals surface area contributed by atoms with Crippen molar-refractivity contribution in [3.05, 3.63) is 31.1 Å². The molecule has 0 radical (unpaired) electrons. The van der Waals surface area contributed by atoms with Gasteiger partial charge < -0.3 is 9.47 Å². The number of rotatable bonds is 0. The van der Waals surface area contributed by atoms with E-state index in [0.29, 0.717) is 13.2 Å². The van der Waals surface area contributed by atoms with Gasteiger partial charge in [0.1, 0.15) is 23.3 Å². The summed E-state index contributed by atoms with van der Waals surface area (Å²) in [5.74, 6) is 0. The molecule has 3 aliphatic rings. The van der Waals surface area contributed by atoms with E-state index < -0.39 is 0 Å². The summed E-state index contributed by atoms with van der Waals surface area (Å²) >= 11 is 6.62. The number of nitrogens with zero attached hydrogens (tertiary/aromatic N) is 2. The summed E-state index contributed by atoms with van der Waals surface area (Å²) < 4.78 is 13.6. The summed E-state index contributed by atoms with van der Waals surface area (Å²) in [6, 6.07) is 0. The monoisotopic (exact) mass is 314 g/mol. The van der Waals surface area contributed by atoms with E-state index >= 15 is 0 Å². The Morgan fingerprint density at radius 2 is 1.28 bits per heavy atom. The molecule has 4 heterocycles. The van der Waals surface area contributed by atoms with Crippen molar-refractivity contribution < 1.29 is 9.47 Å². The highest BCUT2D eigenvalue weighted by Crippen LogP contribution is 2.60. The van der Waals surface area contributed by atoms with Crippen molar-refractivity contribution in [3.63, 3.8) is 0 Å². The Balaban J connectivity index is 1.62. The van der Waals surface area contributed by atoms with Gasteiger partial charge in [-0.2, -0.15) is 0 Å². The zero-order valence-corrected chi connectivity index (χ0v) is 12.2. The van der Waals surface area contributed by atoms with Crippen LogP contribution in [0.2, 0.25) is 0 Å². The van der Waals surface area contributed by atoms with E-state index in [9.17, 15) is 0 Å². The van der Waals surface area contributed by atoms with E-state index in [2.05, 4.69) is 9.97 Å². The van der Waals surface area contributed by atoms with Crippen molar-refractivity contribution in [2.24, 2.45) is 0 Å². The highest BCUT2D eigenvalue weighted by Gasteiger charge is 2.33. The smallest absolute Gasteiger partial charge is 0.208 e. The minimum absolute atomic E-state index is 0.638. The Hall–Kier alpha value is -0.440. The van der Waals surface area contributed by atoms with Gasteiger partial charge in [-0.15, -0.1) is 0 Å². The lowest BCUT2D eigenvalue weighted by Crippen LogP contribution is -2.08. The van der Waals surface area contributed by atoms with E-state index in [1.807, 2.05) is 0 Å². The summed E-state index contributed by atoms with van der Waals surface area (Å²) in [6.45, 7) is 1.28. The van der Waals surface area contributed by atoms with Crippen LogP contribution in [0.1, 0.15) is 0 Å². The average molecular weight is 314 g/mol. The molecule has 0 unspecified atom stereocenters. The molecule has 3 aliphatic heterocycles. The fraction of sp³-hybridized carbons (Fsp3) is 0.200. The zero-order valence-electron chi connectivity index (χ0n) is 8.91. The van der Waals surface area contributed by atoms with E-state index in [1.54, 1.807) is 59.4 Å². The number of fused-ring (bicyclic) bond motifs is 1. The highest BCUT2D eigenvalue weighted by atomic mass is 32.2. The van der Waals surface area contributed by atoms with Gasteiger partial charge in [0.05, 0.1) is 8.47 Å². The minimum Gasteiger partial charge on any atom is -0.480 e. The Morgan fingerprint density at radius 1 is 0.778 bits per heavy atom. The first kappa shape index (κ1) is 11.4. The quantitative estimate of drug-likeness (QED) is 0.721. The van der Waals surface area contributed by atoms with Crippen molar-refractivity contribution in [2.45, 2.75) is 10.1 Å². The fourth-order valence-electron chi connectivity index (χ4n) is 1.53. The number of thioether (sulfide) groups is 4. The number of hydrogen-bond acceptors (Lipinski definition) is 8. The first-order valence-corrected chi connectivity index (χ1v) is 8.43. The maximum Gasteiger partial charge on any atom is 0.208 e. The average Bonchev–Trinajstić information content (AvgIpc) is 3.02. The summed E-state index contributed by atoms with van der Waals surface area (Å²) in [4.78, 5) is 8.64. The predicted molar refractivity (Wildman–Crippen MR) is 74.9 cm³/mol. The molecule has 92 valence electrons. The van der Waals surface area contributed by atoms with Gasteiger partial charge in [-0.25, -0.2) is 9.97 Å². The van der Waals surface area contributed by atoms with Crippen molar-refractivity contribution in [3.8, 4) is 0 Å². The molecule has 1 aromatic rings. The van der Waals surface area contributed by atoms with Crippen LogP contribution in [0.15, 0.2) is 41.1 Å². The van der Waals surface area contributed by atoms with Crippen LogP contribution in [-0.4, -0.2) is 23.2 Å². The van der Waals surface area contributed by atoms with E-state index in [4.69, 9.17) is 9.47 Å². The third kappa shape index (κ3) is 1.91. The van der Waals surface area contributed by atoms with Gasteiger partial charge in [-0.3, -0.25) is 0 Å². The molecule has 4 rings (SSSR count). The van der Waals surface area contributed by atoms with E-state index in [-0.39, 0.29) is 0 Å². The molecule has 0 spiro atoms. The molecule has 0 aliphatic carbocycles. The molecule has 0 amide bonds. The van der Waals surface area contributed by atoms with Crippen LogP contribution in [0.5, 0.6) is 0 Å². The Bertz CT molecular complexity index is 540. The molecule has 8 heteroatoms. The maximum atomic E-state index is 5.58. The molecular formula is C10H6N2O2S4. The van der Waals surface area contributed by atoms with Crippen LogP contribution in [0.4, 0.5) is 0 Å².